The maximum Gasteiger partial charge on any atom is 0.128 e. The molecule has 19 heavy (non-hydrogen) atoms. The Morgan fingerprint density at radius 3 is 2.58 bits per heavy atom. The molecular weight excluding hydrogens is 241 g/mol. The Morgan fingerprint density at radius 1 is 1.05 bits per heavy atom. The molecule has 0 amide bonds. The molecule has 4 heteroatoms. The lowest BCUT2D eigenvalue weighted by molar-refractivity contribution is 0.612. The van der Waals surface area contributed by atoms with E-state index in [4.69, 9.17) is 10.5 Å². The largest absolute Gasteiger partial charge is 0.380 e. The molecule has 2 aromatic carbocycles. The zero-order chi connectivity index (χ0) is 13.7. The van der Waals surface area contributed by atoms with Crippen LogP contribution in [0.25, 0.3) is 0 Å². The molecule has 0 aliphatic carbocycles. The SMILES string of the molecule is N#Cc1ccc(F)c(CNc2ccccc2C#N)c1. The van der Waals surface area contributed by atoms with Crippen molar-refractivity contribution in [1.29, 1.82) is 10.5 Å². The maximum absolute atomic E-state index is 13.6. The molecule has 0 aromatic heterocycles. The topological polar surface area (TPSA) is 59.6 Å². The van der Waals surface area contributed by atoms with E-state index in [1.165, 1.54) is 18.2 Å². The summed E-state index contributed by atoms with van der Waals surface area (Å²) in [6, 6.07) is 15.2. The van der Waals surface area contributed by atoms with Crippen molar-refractivity contribution in [1.82, 2.24) is 0 Å². The Kier molecular flexibility index (Phi) is 3.75. The summed E-state index contributed by atoms with van der Waals surface area (Å²) < 4.78 is 13.6. The van der Waals surface area contributed by atoms with Crippen LogP contribution in [0.5, 0.6) is 0 Å². The average molecular weight is 251 g/mol. The van der Waals surface area contributed by atoms with E-state index in [-0.39, 0.29) is 12.4 Å². The van der Waals surface area contributed by atoms with Crippen LogP contribution in [0.2, 0.25) is 0 Å². The maximum atomic E-state index is 13.6. The van der Waals surface area contributed by atoms with Gasteiger partial charge in [-0.25, -0.2) is 4.39 Å². The lowest BCUT2D eigenvalue weighted by Crippen LogP contribution is -2.03. The second-order valence-electron chi connectivity index (χ2n) is 3.93. The molecule has 0 unspecified atom stereocenters. The van der Waals surface area contributed by atoms with Crippen molar-refractivity contribution in [2.24, 2.45) is 0 Å². The molecule has 3 nitrogen and oxygen atoms in total. The first-order valence-corrected chi connectivity index (χ1v) is 5.66. The van der Waals surface area contributed by atoms with Crippen LogP contribution in [-0.2, 0) is 6.54 Å². The van der Waals surface area contributed by atoms with Crippen molar-refractivity contribution in [3.8, 4) is 12.1 Å². The molecule has 2 aromatic rings. The van der Waals surface area contributed by atoms with Crippen molar-refractivity contribution in [3.05, 3.63) is 65.0 Å². The predicted molar refractivity (Wildman–Crippen MR) is 69.6 cm³/mol. The molecule has 0 spiro atoms. The fourth-order valence-electron chi connectivity index (χ4n) is 1.70. The first-order chi connectivity index (χ1) is 9.24. The van der Waals surface area contributed by atoms with E-state index in [0.717, 1.165) is 0 Å². The number of para-hydroxylation sites is 1. The van der Waals surface area contributed by atoms with Crippen LogP contribution in [-0.4, -0.2) is 0 Å². The first kappa shape index (κ1) is 12.6. The van der Waals surface area contributed by atoms with Crippen LogP contribution >= 0.6 is 0 Å². The summed E-state index contributed by atoms with van der Waals surface area (Å²) in [5.74, 6) is -0.374. The first-order valence-electron chi connectivity index (χ1n) is 5.66. The van der Waals surface area contributed by atoms with Gasteiger partial charge in [-0.05, 0) is 30.3 Å². The van der Waals surface area contributed by atoms with Gasteiger partial charge in [-0.1, -0.05) is 12.1 Å². The normalized spacial score (nSPS) is 9.42. The average Bonchev–Trinajstić information content (AvgIpc) is 2.46. The van der Waals surface area contributed by atoms with Crippen molar-refractivity contribution in [3.63, 3.8) is 0 Å². The molecule has 92 valence electrons. The molecular formula is C15H10FN3. The Hall–Kier alpha value is -2.85. The summed E-state index contributed by atoms with van der Waals surface area (Å²) in [5, 5.41) is 20.7. The molecule has 0 heterocycles. The number of nitrogens with zero attached hydrogens (tertiary/aromatic N) is 2. The van der Waals surface area contributed by atoms with Gasteiger partial charge < -0.3 is 5.32 Å². The van der Waals surface area contributed by atoms with Crippen molar-refractivity contribution in [2.45, 2.75) is 6.54 Å². The highest BCUT2D eigenvalue weighted by Gasteiger charge is 2.05. The van der Waals surface area contributed by atoms with Crippen molar-refractivity contribution in [2.75, 3.05) is 5.32 Å². The van der Waals surface area contributed by atoms with Gasteiger partial charge >= 0.3 is 0 Å². The van der Waals surface area contributed by atoms with E-state index < -0.39 is 0 Å². The molecule has 0 fully saturated rings. The number of halogens is 1. The van der Waals surface area contributed by atoms with Crippen molar-refractivity contribution < 1.29 is 4.39 Å². The van der Waals surface area contributed by atoms with Gasteiger partial charge in [0.15, 0.2) is 0 Å². The Balaban J connectivity index is 2.20. The quantitative estimate of drug-likeness (QED) is 0.911. The van der Waals surface area contributed by atoms with Crippen LogP contribution in [0, 0.1) is 28.5 Å². The second kappa shape index (κ2) is 5.66. The van der Waals surface area contributed by atoms with Crippen LogP contribution < -0.4 is 5.32 Å². The molecule has 1 N–H and O–H groups in total. The van der Waals surface area contributed by atoms with E-state index in [1.54, 1.807) is 24.3 Å². The summed E-state index contributed by atoms with van der Waals surface area (Å²) in [6.07, 6.45) is 0. The smallest absolute Gasteiger partial charge is 0.128 e. The lowest BCUT2D eigenvalue weighted by atomic mass is 10.1. The minimum absolute atomic E-state index is 0.222. The van der Waals surface area contributed by atoms with Gasteiger partial charge in [0, 0.05) is 12.1 Å². The molecule has 0 radical (unpaired) electrons. The van der Waals surface area contributed by atoms with Gasteiger partial charge in [0.25, 0.3) is 0 Å². The second-order valence-corrected chi connectivity index (χ2v) is 3.93. The number of nitriles is 2. The third kappa shape index (κ3) is 2.88. The lowest BCUT2D eigenvalue weighted by Gasteiger charge is -2.09. The van der Waals surface area contributed by atoms with Crippen LogP contribution in [0.3, 0.4) is 0 Å². The molecule has 0 bridgehead atoms. The summed E-state index contributed by atoms with van der Waals surface area (Å²) in [5.41, 5.74) is 1.95. The number of hydrogen-bond acceptors (Lipinski definition) is 3. The van der Waals surface area contributed by atoms with E-state index in [1.807, 2.05) is 6.07 Å². The predicted octanol–water partition coefficient (Wildman–Crippen LogP) is 3.18. The van der Waals surface area contributed by atoms with Crippen molar-refractivity contribution >= 4 is 5.69 Å². The monoisotopic (exact) mass is 251 g/mol. The number of rotatable bonds is 3. The van der Waals surface area contributed by atoms with E-state index >= 15 is 0 Å². The Labute approximate surface area is 110 Å². The molecule has 0 saturated carbocycles. The van der Waals surface area contributed by atoms with Gasteiger partial charge in [-0.2, -0.15) is 10.5 Å². The van der Waals surface area contributed by atoms with E-state index in [2.05, 4.69) is 11.4 Å². The van der Waals surface area contributed by atoms with Gasteiger partial charge in [-0.15, -0.1) is 0 Å². The summed E-state index contributed by atoms with van der Waals surface area (Å²) in [7, 11) is 0. The molecule has 0 saturated heterocycles. The van der Waals surface area contributed by atoms with Crippen LogP contribution in [0.4, 0.5) is 10.1 Å². The fourth-order valence-corrected chi connectivity index (χ4v) is 1.70. The molecule has 0 aliphatic rings. The number of benzene rings is 2. The fraction of sp³-hybridized carbons (Fsp3) is 0.0667. The summed E-state index contributed by atoms with van der Waals surface area (Å²) in [4.78, 5) is 0. The highest BCUT2D eigenvalue weighted by molar-refractivity contribution is 5.57. The zero-order valence-corrected chi connectivity index (χ0v) is 10.0. The minimum Gasteiger partial charge on any atom is -0.380 e. The van der Waals surface area contributed by atoms with Gasteiger partial charge in [-0.3, -0.25) is 0 Å². The molecule has 0 atom stereocenters. The minimum atomic E-state index is -0.374. The van der Waals surface area contributed by atoms with E-state index in [9.17, 15) is 4.39 Å². The molecule has 0 aliphatic heterocycles. The summed E-state index contributed by atoms with van der Waals surface area (Å²) in [6.45, 7) is 0.222. The van der Waals surface area contributed by atoms with E-state index in [0.29, 0.717) is 22.4 Å². The highest BCUT2D eigenvalue weighted by atomic mass is 19.1. The van der Waals surface area contributed by atoms with Gasteiger partial charge in [0.05, 0.1) is 22.9 Å². The highest BCUT2D eigenvalue weighted by Crippen LogP contribution is 2.16. The standard InChI is InChI=1S/C15H10FN3/c16-14-6-5-11(8-17)7-13(14)10-19-15-4-2-1-3-12(15)9-18/h1-7,19H,10H2. The zero-order valence-electron chi connectivity index (χ0n) is 10.0. The van der Waals surface area contributed by atoms with Crippen LogP contribution in [0.15, 0.2) is 42.5 Å². The van der Waals surface area contributed by atoms with Gasteiger partial charge in [0.2, 0.25) is 0 Å². The van der Waals surface area contributed by atoms with Gasteiger partial charge in [0.1, 0.15) is 11.9 Å². The molecule has 2 rings (SSSR count). The number of nitrogens with one attached hydrogen (secondary N) is 1. The van der Waals surface area contributed by atoms with Crippen LogP contribution in [0.1, 0.15) is 16.7 Å². The Morgan fingerprint density at radius 2 is 1.84 bits per heavy atom. The third-order valence-electron chi connectivity index (χ3n) is 2.69. The third-order valence-corrected chi connectivity index (χ3v) is 2.69. The summed E-state index contributed by atoms with van der Waals surface area (Å²) >= 11 is 0. The number of hydrogen-bond donors (Lipinski definition) is 1. The number of anilines is 1. The Bertz CT molecular complexity index is 681.